The fraction of sp³-hybridized carbons (Fsp3) is 0.231. The molecule has 0 saturated heterocycles. The highest BCUT2D eigenvalue weighted by Crippen LogP contribution is 2.38. The van der Waals surface area contributed by atoms with Gasteiger partial charge in [-0.2, -0.15) is 0 Å². The van der Waals surface area contributed by atoms with E-state index in [1.807, 2.05) is 31.2 Å². The molecule has 3 aromatic carbocycles. The van der Waals surface area contributed by atoms with E-state index in [-0.39, 0.29) is 12.5 Å². The third-order valence-corrected chi connectivity index (χ3v) is 6.08. The van der Waals surface area contributed by atoms with E-state index in [2.05, 4.69) is 0 Å². The first-order valence-electron chi connectivity index (χ1n) is 10.5. The van der Waals surface area contributed by atoms with Crippen molar-refractivity contribution in [1.82, 2.24) is 4.90 Å². The monoisotopic (exact) mass is 483 g/mol. The summed E-state index contributed by atoms with van der Waals surface area (Å²) in [5.74, 6) is -0.687. The summed E-state index contributed by atoms with van der Waals surface area (Å²) in [5.41, 5.74) is 2.77. The molecule has 0 fully saturated rings. The van der Waals surface area contributed by atoms with Gasteiger partial charge >= 0.3 is 5.97 Å². The van der Waals surface area contributed by atoms with Crippen LogP contribution in [0, 0.1) is 0 Å². The molecule has 33 heavy (non-hydrogen) atoms. The third kappa shape index (κ3) is 5.67. The van der Waals surface area contributed by atoms with Gasteiger partial charge in [-0.1, -0.05) is 47.5 Å². The first-order chi connectivity index (χ1) is 15.7. The van der Waals surface area contributed by atoms with Crippen LogP contribution in [-0.2, 0) is 24.2 Å². The van der Waals surface area contributed by atoms with Gasteiger partial charge in [0.25, 0.3) is 5.91 Å². The Labute approximate surface area is 202 Å². The molecule has 0 spiro atoms. The molecule has 1 aliphatic heterocycles. The Morgan fingerprint density at radius 3 is 2.45 bits per heavy atom. The van der Waals surface area contributed by atoms with Crippen LogP contribution in [0.5, 0.6) is 5.75 Å². The molecule has 0 radical (unpaired) electrons. The van der Waals surface area contributed by atoms with Gasteiger partial charge in [-0.25, -0.2) is 0 Å². The molecule has 0 aliphatic carbocycles. The Bertz CT molecular complexity index is 1200. The maximum absolute atomic E-state index is 13.2. The lowest BCUT2D eigenvalue weighted by Crippen LogP contribution is -2.35. The van der Waals surface area contributed by atoms with Crippen LogP contribution in [0.3, 0.4) is 0 Å². The number of hydrogen-bond donors (Lipinski definition) is 1. The minimum atomic E-state index is -1.07. The average molecular weight is 484 g/mol. The maximum atomic E-state index is 13.2. The minimum absolute atomic E-state index is 0.169. The molecule has 170 valence electrons. The van der Waals surface area contributed by atoms with Crippen molar-refractivity contribution in [2.75, 3.05) is 6.54 Å². The summed E-state index contributed by atoms with van der Waals surface area (Å²) in [6.07, 6.45) is 1.30. The molecule has 0 unspecified atom stereocenters. The van der Waals surface area contributed by atoms with Gasteiger partial charge in [-0.3, -0.25) is 9.59 Å². The van der Waals surface area contributed by atoms with Gasteiger partial charge in [0.15, 0.2) is 0 Å². The van der Waals surface area contributed by atoms with Crippen molar-refractivity contribution in [3.8, 4) is 5.75 Å². The number of ether oxygens (including phenoxy) is 1. The van der Waals surface area contributed by atoms with Gasteiger partial charge < -0.3 is 14.7 Å². The Hall–Kier alpha value is -3.02. The lowest BCUT2D eigenvalue weighted by atomic mass is 9.91. The fourth-order valence-corrected chi connectivity index (χ4v) is 4.53. The van der Waals surface area contributed by atoms with E-state index in [9.17, 15) is 14.7 Å². The minimum Gasteiger partial charge on any atom is -0.487 e. The van der Waals surface area contributed by atoms with Gasteiger partial charge in [0, 0.05) is 35.0 Å². The number of fused-ring (bicyclic) bond motifs is 1. The standard InChI is InChI=1S/C26H23Cl2NO4/c1-26(13-18-3-2-4-22(28)11-18)14-20-12-19(7-10-23(20)33-26)25(32)29(16-24(30)31)15-17-5-8-21(27)9-6-17/h2-12H,13-16H2,1H3,(H,30,31)/t26-/m0/s1. The van der Waals surface area contributed by atoms with Crippen molar-refractivity contribution in [3.05, 3.63) is 99.0 Å². The summed E-state index contributed by atoms with van der Waals surface area (Å²) in [4.78, 5) is 26.0. The van der Waals surface area contributed by atoms with E-state index in [1.165, 1.54) is 4.90 Å². The average Bonchev–Trinajstić information content (AvgIpc) is 3.08. The van der Waals surface area contributed by atoms with Crippen LogP contribution in [0.15, 0.2) is 66.7 Å². The summed E-state index contributed by atoms with van der Waals surface area (Å²) < 4.78 is 6.23. The molecule has 0 aromatic heterocycles. The van der Waals surface area contributed by atoms with Gasteiger partial charge in [0.05, 0.1) is 0 Å². The predicted molar refractivity (Wildman–Crippen MR) is 128 cm³/mol. The largest absolute Gasteiger partial charge is 0.487 e. The number of carboxylic acid groups (broad SMARTS) is 1. The highest BCUT2D eigenvalue weighted by atomic mass is 35.5. The van der Waals surface area contributed by atoms with Crippen molar-refractivity contribution in [2.24, 2.45) is 0 Å². The second-order valence-electron chi connectivity index (χ2n) is 8.54. The number of rotatable bonds is 7. The summed E-state index contributed by atoms with van der Waals surface area (Å²) in [6.45, 7) is 1.80. The van der Waals surface area contributed by atoms with Crippen molar-refractivity contribution < 1.29 is 19.4 Å². The molecule has 7 heteroatoms. The summed E-state index contributed by atoms with van der Waals surface area (Å²) in [5, 5.41) is 10.6. The first-order valence-corrected chi connectivity index (χ1v) is 11.3. The van der Waals surface area contributed by atoms with Crippen LogP contribution in [0.25, 0.3) is 0 Å². The normalized spacial score (nSPS) is 16.7. The van der Waals surface area contributed by atoms with Crippen molar-refractivity contribution in [2.45, 2.75) is 31.9 Å². The van der Waals surface area contributed by atoms with E-state index in [0.717, 1.165) is 22.4 Å². The van der Waals surface area contributed by atoms with Gasteiger partial charge in [0.2, 0.25) is 0 Å². The van der Waals surface area contributed by atoms with Crippen LogP contribution >= 0.6 is 23.2 Å². The number of benzene rings is 3. The molecule has 5 nitrogen and oxygen atoms in total. The number of carbonyl (C=O) groups is 2. The van der Waals surface area contributed by atoms with Crippen molar-refractivity contribution in [3.63, 3.8) is 0 Å². The zero-order chi connectivity index (χ0) is 23.6. The van der Waals surface area contributed by atoms with E-state index >= 15 is 0 Å². The third-order valence-electron chi connectivity index (χ3n) is 5.60. The highest BCUT2D eigenvalue weighted by Gasteiger charge is 2.35. The fourth-order valence-electron chi connectivity index (χ4n) is 4.19. The molecule has 1 atom stereocenters. The second-order valence-corrected chi connectivity index (χ2v) is 9.41. The van der Waals surface area contributed by atoms with E-state index < -0.39 is 18.1 Å². The first kappa shape index (κ1) is 23.1. The SMILES string of the molecule is C[C@]1(Cc2cccc(Cl)c2)Cc2cc(C(=O)N(CC(=O)O)Cc3ccc(Cl)cc3)ccc2O1. The summed E-state index contributed by atoms with van der Waals surface area (Å²) in [6, 6.07) is 20.0. The summed E-state index contributed by atoms with van der Waals surface area (Å²) >= 11 is 12.1. The Morgan fingerprint density at radius 2 is 1.76 bits per heavy atom. The maximum Gasteiger partial charge on any atom is 0.323 e. The zero-order valence-corrected chi connectivity index (χ0v) is 19.6. The molecule has 0 saturated carbocycles. The van der Waals surface area contributed by atoms with Crippen LogP contribution in [-0.4, -0.2) is 34.0 Å². The number of hydrogen-bond acceptors (Lipinski definition) is 3. The molecule has 1 amide bonds. The Balaban J connectivity index is 1.53. The number of amides is 1. The molecule has 4 rings (SSSR count). The van der Waals surface area contributed by atoms with Gasteiger partial charge in [-0.15, -0.1) is 0 Å². The molecule has 3 aromatic rings. The lowest BCUT2D eigenvalue weighted by molar-refractivity contribution is -0.137. The molecule has 1 N–H and O–H groups in total. The number of aliphatic carboxylic acids is 1. The summed E-state index contributed by atoms with van der Waals surface area (Å²) in [7, 11) is 0. The number of carbonyl (C=O) groups excluding carboxylic acids is 1. The van der Waals surface area contributed by atoms with Crippen LogP contribution in [0.2, 0.25) is 10.0 Å². The quantitative estimate of drug-likeness (QED) is 0.470. The molecule has 1 heterocycles. The Kier molecular flexibility index (Phi) is 6.63. The number of nitrogens with zero attached hydrogens (tertiary/aromatic N) is 1. The predicted octanol–water partition coefficient (Wildman–Crippen LogP) is 5.66. The molecule has 0 bridgehead atoms. The van der Waals surface area contributed by atoms with Crippen LogP contribution < -0.4 is 4.74 Å². The second kappa shape index (κ2) is 9.46. The van der Waals surface area contributed by atoms with Gasteiger partial charge in [0.1, 0.15) is 17.9 Å². The highest BCUT2D eigenvalue weighted by molar-refractivity contribution is 6.30. The van der Waals surface area contributed by atoms with Gasteiger partial charge in [-0.05, 0) is 66.1 Å². The lowest BCUT2D eigenvalue weighted by Gasteiger charge is -2.24. The van der Waals surface area contributed by atoms with Crippen LogP contribution in [0.1, 0.15) is 34.0 Å². The van der Waals surface area contributed by atoms with E-state index in [0.29, 0.717) is 28.5 Å². The van der Waals surface area contributed by atoms with E-state index in [4.69, 9.17) is 27.9 Å². The topological polar surface area (TPSA) is 66.8 Å². The number of halogens is 2. The zero-order valence-electron chi connectivity index (χ0n) is 18.1. The van der Waals surface area contributed by atoms with Crippen molar-refractivity contribution >= 4 is 35.1 Å². The Morgan fingerprint density at radius 1 is 1.00 bits per heavy atom. The van der Waals surface area contributed by atoms with Crippen LogP contribution in [0.4, 0.5) is 0 Å². The van der Waals surface area contributed by atoms with Crippen molar-refractivity contribution in [1.29, 1.82) is 0 Å². The molecular formula is C26H23Cl2NO4. The number of carboxylic acids is 1. The molecule has 1 aliphatic rings. The smallest absolute Gasteiger partial charge is 0.323 e. The molecular weight excluding hydrogens is 461 g/mol. The van der Waals surface area contributed by atoms with E-state index in [1.54, 1.807) is 42.5 Å².